The predicted octanol–water partition coefficient (Wildman–Crippen LogP) is 2.29. The monoisotopic (exact) mass is 203 g/mol. The van der Waals surface area contributed by atoms with Crippen LogP contribution in [0, 0.1) is 6.92 Å². The van der Waals surface area contributed by atoms with Crippen molar-refractivity contribution in [1.82, 2.24) is 0 Å². The molecule has 2 N–H and O–H groups in total. The van der Waals surface area contributed by atoms with Gasteiger partial charge in [0.05, 0.1) is 0 Å². The number of nitrogens with two attached hydrogens (primary N) is 1. The first-order chi connectivity index (χ1) is 7.12. The first-order valence-corrected chi connectivity index (χ1v) is 5.48. The van der Waals surface area contributed by atoms with Crippen molar-refractivity contribution in [2.45, 2.75) is 38.0 Å². The van der Waals surface area contributed by atoms with Crippen LogP contribution >= 0.6 is 0 Å². The Balaban J connectivity index is 2.26. The van der Waals surface area contributed by atoms with Crippen molar-refractivity contribution in [2.24, 2.45) is 5.73 Å². The number of hydrogen-bond acceptors (Lipinski definition) is 1. The Morgan fingerprint density at radius 1 is 1.33 bits per heavy atom. The summed E-state index contributed by atoms with van der Waals surface area (Å²) >= 11 is 0. The molecule has 0 bridgehead atoms. The smallest absolute Gasteiger partial charge is 0.218 e. The van der Waals surface area contributed by atoms with E-state index in [9.17, 15) is 4.79 Å². The fourth-order valence-corrected chi connectivity index (χ4v) is 2.41. The van der Waals surface area contributed by atoms with Gasteiger partial charge in [0.15, 0.2) is 0 Å². The Bertz CT molecular complexity index is 363. The van der Waals surface area contributed by atoms with E-state index >= 15 is 0 Å². The lowest BCUT2D eigenvalue weighted by Crippen LogP contribution is -2.38. The Hall–Kier alpha value is -1.31. The summed E-state index contributed by atoms with van der Waals surface area (Å²) in [5.41, 5.74) is 7.90. The van der Waals surface area contributed by atoms with Gasteiger partial charge in [-0.3, -0.25) is 4.79 Å². The van der Waals surface area contributed by atoms with Gasteiger partial charge in [0.1, 0.15) is 0 Å². The summed E-state index contributed by atoms with van der Waals surface area (Å²) in [6, 6.07) is 8.49. The third-order valence-corrected chi connectivity index (χ3v) is 3.49. The van der Waals surface area contributed by atoms with Gasteiger partial charge in [-0.05, 0) is 25.3 Å². The number of primary amides is 1. The second-order valence-corrected chi connectivity index (χ2v) is 4.64. The van der Waals surface area contributed by atoms with E-state index < -0.39 is 0 Å². The molecule has 1 aliphatic carbocycles. The maximum atomic E-state index is 11.1. The number of hydrogen-bond donors (Lipinski definition) is 1. The van der Waals surface area contributed by atoms with Crippen LogP contribution in [0.15, 0.2) is 24.3 Å². The average Bonchev–Trinajstić information content (AvgIpc) is 2.13. The molecule has 0 spiro atoms. The van der Waals surface area contributed by atoms with Crippen molar-refractivity contribution in [3.05, 3.63) is 35.4 Å². The maximum Gasteiger partial charge on any atom is 0.218 e. The van der Waals surface area contributed by atoms with Gasteiger partial charge in [0, 0.05) is 11.8 Å². The molecule has 0 unspecified atom stereocenters. The zero-order chi connectivity index (χ0) is 10.9. The normalized spacial score (nSPS) is 18.2. The SMILES string of the molecule is Cc1ccc(C2(CC(N)=O)CCC2)cc1. The molecule has 2 rings (SSSR count). The van der Waals surface area contributed by atoms with Crippen molar-refractivity contribution in [1.29, 1.82) is 0 Å². The Labute approximate surface area is 90.5 Å². The summed E-state index contributed by atoms with van der Waals surface area (Å²) in [4.78, 5) is 11.1. The fraction of sp³-hybridized carbons (Fsp3) is 0.462. The van der Waals surface area contributed by atoms with Gasteiger partial charge in [-0.25, -0.2) is 0 Å². The van der Waals surface area contributed by atoms with Gasteiger partial charge in [-0.2, -0.15) is 0 Å². The van der Waals surface area contributed by atoms with Crippen molar-refractivity contribution < 1.29 is 4.79 Å². The van der Waals surface area contributed by atoms with Crippen LogP contribution in [0.2, 0.25) is 0 Å². The molecule has 80 valence electrons. The third kappa shape index (κ3) is 1.89. The second kappa shape index (κ2) is 3.69. The van der Waals surface area contributed by atoms with E-state index in [1.807, 2.05) is 0 Å². The predicted molar refractivity (Wildman–Crippen MR) is 60.5 cm³/mol. The van der Waals surface area contributed by atoms with E-state index in [1.165, 1.54) is 17.5 Å². The molecule has 2 heteroatoms. The van der Waals surface area contributed by atoms with E-state index in [1.54, 1.807) is 0 Å². The van der Waals surface area contributed by atoms with Gasteiger partial charge in [0.25, 0.3) is 0 Å². The van der Waals surface area contributed by atoms with Crippen LogP contribution in [-0.2, 0) is 10.2 Å². The molecule has 2 nitrogen and oxygen atoms in total. The lowest BCUT2D eigenvalue weighted by atomic mass is 9.62. The number of carbonyl (C=O) groups excluding carboxylic acids is 1. The maximum absolute atomic E-state index is 11.1. The van der Waals surface area contributed by atoms with Gasteiger partial charge in [-0.15, -0.1) is 0 Å². The van der Waals surface area contributed by atoms with Crippen LogP contribution in [0.1, 0.15) is 36.8 Å². The highest BCUT2D eigenvalue weighted by atomic mass is 16.1. The van der Waals surface area contributed by atoms with E-state index in [0.717, 1.165) is 12.8 Å². The molecule has 1 saturated carbocycles. The first kappa shape index (κ1) is 10.2. The second-order valence-electron chi connectivity index (χ2n) is 4.64. The molecule has 0 aliphatic heterocycles. The van der Waals surface area contributed by atoms with Crippen LogP contribution < -0.4 is 5.73 Å². The Kier molecular flexibility index (Phi) is 2.51. The molecule has 15 heavy (non-hydrogen) atoms. The van der Waals surface area contributed by atoms with E-state index in [2.05, 4.69) is 31.2 Å². The lowest BCUT2D eigenvalue weighted by Gasteiger charge is -2.41. The number of rotatable bonds is 3. The number of amides is 1. The van der Waals surface area contributed by atoms with Gasteiger partial charge in [0.2, 0.25) is 5.91 Å². The quantitative estimate of drug-likeness (QED) is 0.804. The van der Waals surface area contributed by atoms with Crippen LogP contribution in [-0.4, -0.2) is 5.91 Å². The van der Waals surface area contributed by atoms with Crippen molar-refractivity contribution >= 4 is 5.91 Å². The summed E-state index contributed by atoms with van der Waals surface area (Å²) in [5.74, 6) is -0.185. The van der Waals surface area contributed by atoms with Crippen molar-refractivity contribution in [3.8, 4) is 0 Å². The number of benzene rings is 1. The molecule has 1 aromatic rings. The third-order valence-electron chi connectivity index (χ3n) is 3.49. The molecule has 0 heterocycles. The summed E-state index contributed by atoms with van der Waals surface area (Å²) < 4.78 is 0. The highest BCUT2D eigenvalue weighted by Crippen LogP contribution is 2.46. The minimum atomic E-state index is -0.185. The molecular weight excluding hydrogens is 186 g/mol. The summed E-state index contributed by atoms with van der Waals surface area (Å²) in [7, 11) is 0. The fourth-order valence-electron chi connectivity index (χ4n) is 2.41. The minimum Gasteiger partial charge on any atom is -0.370 e. The largest absolute Gasteiger partial charge is 0.370 e. The highest BCUT2D eigenvalue weighted by molar-refractivity contribution is 5.75. The minimum absolute atomic E-state index is 0.0551. The summed E-state index contributed by atoms with van der Waals surface area (Å²) in [6.45, 7) is 2.07. The number of aryl methyl sites for hydroxylation is 1. The molecule has 0 radical (unpaired) electrons. The summed E-state index contributed by atoms with van der Waals surface area (Å²) in [5, 5.41) is 0. The molecule has 0 atom stereocenters. The van der Waals surface area contributed by atoms with Gasteiger partial charge < -0.3 is 5.73 Å². The van der Waals surface area contributed by atoms with Gasteiger partial charge >= 0.3 is 0 Å². The van der Waals surface area contributed by atoms with Crippen LogP contribution in [0.5, 0.6) is 0 Å². The van der Waals surface area contributed by atoms with Crippen LogP contribution in [0.4, 0.5) is 0 Å². The summed E-state index contributed by atoms with van der Waals surface area (Å²) in [6.07, 6.45) is 3.90. The topological polar surface area (TPSA) is 43.1 Å². The molecule has 0 aromatic heterocycles. The van der Waals surface area contributed by atoms with Crippen molar-refractivity contribution in [3.63, 3.8) is 0 Å². The van der Waals surface area contributed by atoms with Crippen LogP contribution in [0.3, 0.4) is 0 Å². The van der Waals surface area contributed by atoms with Crippen molar-refractivity contribution in [2.75, 3.05) is 0 Å². The average molecular weight is 203 g/mol. The Morgan fingerprint density at radius 3 is 2.33 bits per heavy atom. The number of carbonyl (C=O) groups is 1. The molecule has 1 aliphatic rings. The van der Waals surface area contributed by atoms with Crippen LogP contribution in [0.25, 0.3) is 0 Å². The standard InChI is InChI=1S/C13H17NO/c1-10-3-5-11(6-4-10)13(7-2-8-13)9-12(14)15/h3-6H,2,7-9H2,1H3,(H2,14,15). The van der Waals surface area contributed by atoms with E-state index in [4.69, 9.17) is 5.73 Å². The first-order valence-electron chi connectivity index (χ1n) is 5.48. The zero-order valence-electron chi connectivity index (χ0n) is 9.12. The molecule has 1 amide bonds. The zero-order valence-corrected chi connectivity index (χ0v) is 9.12. The molecule has 1 aromatic carbocycles. The molecular formula is C13H17NO. The van der Waals surface area contributed by atoms with Gasteiger partial charge in [-0.1, -0.05) is 36.2 Å². The lowest BCUT2D eigenvalue weighted by molar-refractivity contribution is -0.120. The Morgan fingerprint density at radius 2 is 1.93 bits per heavy atom. The molecule has 1 fully saturated rings. The van der Waals surface area contributed by atoms with E-state index in [0.29, 0.717) is 6.42 Å². The molecule has 0 saturated heterocycles. The van der Waals surface area contributed by atoms with E-state index in [-0.39, 0.29) is 11.3 Å². The highest BCUT2D eigenvalue weighted by Gasteiger charge is 2.39.